The van der Waals surface area contributed by atoms with Crippen molar-refractivity contribution in [1.29, 1.82) is 5.26 Å². The lowest BCUT2D eigenvalue weighted by Crippen LogP contribution is -2.02. The van der Waals surface area contributed by atoms with Crippen molar-refractivity contribution in [2.75, 3.05) is 0 Å². The maximum absolute atomic E-state index is 8.28. The van der Waals surface area contributed by atoms with Gasteiger partial charge < -0.3 is 0 Å². The topological polar surface area (TPSA) is 23.8 Å². The molecule has 0 saturated heterocycles. The molecule has 0 aliphatic carbocycles. The van der Waals surface area contributed by atoms with Gasteiger partial charge >= 0.3 is 0 Å². The molecule has 0 bridgehead atoms. The van der Waals surface area contributed by atoms with Crippen LogP contribution >= 0.6 is 0 Å². The lowest BCUT2D eigenvalue weighted by atomic mass is 9.91. The molecule has 46 valence electrons. The van der Waals surface area contributed by atoms with Crippen molar-refractivity contribution in [3.05, 3.63) is 0 Å². The minimum absolute atomic E-state index is 0.0312. The predicted molar refractivity (Wildman–Crippen MR) is 34.3 cm³/mol. The van der Waals surface area contributed by atoms with Crippen LogP contribution in [0.3, 0.4) is 0 Å². The third-order valence-corrected chi connectivity index (χ3v) is 0.698. The van der Waals surface area contributed by atoms with E-state index >= 15 is 0 Å². The molecule has 0 fully saturated rings. The van der Waals surface area contributed by atoms with Crippen LogP contribution in [0, 0.1) is 16.7 Å². The predicted octanol–water partition coefficient (Wildman–Crippen LogP) is 2.34. The van der Waals surface area contributed by atoms with Crippen molar-refractivity contribution >= 4 is 0 Å². The van der Waals surface area contributed by atoms with E-state index in [1.807, 2.05) is 6.07 Å². The zero-order valence-corrected chi connectivity index (χ0v) is 5.65. The fourth-order valence-electron chi connectivity index (χ4n) is 0.305. The maximum atomic E-state index is 8.28. The van der Waals surface area contributed by atoms with E-state index < -0.39 is 11.8 Å². The van der Waals surface area contributed by atoms with Gasteiger partial charge in [0.25, 0.3) is 0 Å². The van der Waals surface area contributed by atoms with Gasteiger partial charge in [-0.3, -0.25) is 0 Å². The zero-order chi connectivity index (χ0) is 8.41. The van der Waals surface area contributed by atoms with Crippen LogP contribution in [0.15, 0.2) is 0 Å². The van der Waals surface area contributed by atoms with Gasteiger partial charge in [-0.05, 0) is 11.8 Å². The lowest BCUT2D eigenvalue weighted by molar-refractivity contribution is 0.383. The summed E-state index contributed by atoms with van der Waals surface area (Å²) in [5, 5.41) is 8.28. The molecule has 1 heteroatoms. The molecule has 0 saturated carbocycles. The summed E-state index contributed by atoms with van der Waals surface area (Å²) < 4.78 is 14.8. The van der Waals surface area contributed by atoms with Gasteiger partial charge in [-0.25, -0.2) is 0 Å². The third-order valence-electron chi connectivity index (χ3n) is 0.698. The molecular weight excluding hydrogens is 98.1 g/mol. The molecule has 8 heavy (non-hydrogen) atoms. The highest BCUT2D eigenvalue weighted by molar-refractivity contribution is 4.73. The summed E-state index contributed by atoms with van der Waals surface area (Å²) in [5.41, 5.74) is -0.442. The second-order valence-corrected chi connectivity index (χ2v) is 2.76. The van der Waals surface area contributed by atoms with Crippen LogP contribution in [0.5, 0.6) is 0 Å². The van der Waals surface area contributed by atoms with E-state index in [0.717, 1.165) is 0 Å². The first-order chi connectivity index (χ1) is 4.31. The number of nitriles is 1. The molecule has 0 aliphatic rings. The Morgan fingerprint density at radius 2 is 2.12 bits per heavy atom. The summed E-state index contributed by atoms with van der Waals surface area (Å²) in [4.78, 5) is 0. The minimum Gasteiger partial charge on any atom is -0.198 e. The van der Waals surface area contributed by atoms with E-state index in [-0.39, 0.29) is 6.42 Å². The molecule has 0 rings (SSSR count). The Morgan fingerprint density at radius 1 is 1.62 bits per heavy atom. The average molecular weight is 113 g/mol. The van der Waals surface area contributed by atoms with Crippen molar-refractivity contribution in [3.63, 3.8) is 0 Å². The standard InChI is InChI=1S/C7H13N/c1-7(2,3)5-4-6-8/h4-5H2,1-3H3/i5D2. The lowest BCUT2D eigenvalue weighted by Gasteiger charge is -2.14. The Balaban J connectivity index is 4.28. The first kappa shape index (κ1) is 4.38. The van der Waals surface area contributed by atoms with Gasteiger partial charge in [0.05, 0.1) is 6.07 Å². The van der Waals surface area contributed by atoms with Crippen LogP contribution in [0.2, 0.25) is 0 Å². The summed E-state index contributed by atoms with van der Waals surface area (Å²) in [6, 6.07) is 1.84. The van der Waals surface area contributed by atoms with Gasteiger partial charge in [0.1, 0.15) is 0 Å². The summed E-state index contributed by atoms with van der Waals surface area (Å²) in [6.07, 6.45) is -1.40. The molecule has 0 aromatic heterocycles. The number of rotatable bonds is 1. The number of hydrogen-bond donors (Lipinski definition) is 0. The second-order valence-electron chi connectivity index (χ2n) is 2.76. The fraction of sp³-hybridized carbons (Fsp3) is 0.857. The molecule has 0 N–H and O–H groups in total. The molecule has 0 radical (unpaired) electrons. The van der Waals surface area contributed by atoms with Crippen molar-refractivity contribution in [2.45, 2.75) is 33.6 Å². The van der Waals surface area contributed by atoms with Crippen molar-refractivity contribution in [1.82, 2.24) is 0 Å². The molecular formula is C7H13N. The van der Waals surface area contributed by atoms with E-state index in [9.17, 15) is 0 Å². The summed E-state index contributed by atoms with van der Waals surface area (Å²) >= 11 is 0. The first-order valence-corrected chi connectivity index (χ1v) is 2.68. The van der Waals surface area contributed by atoms with Crippen LogP contribution < -0.4 is 0 Å². The Hall–Kier alpha value is -0.510. The van der Waals surface area contributed by atoms with Crippen molar-refractivity contribution in [3.8, 4) is 6.07 Å². The molecule has 0 aliphatic heterocycles. The fourth-order valence-corrected chi connectivity index (χ4v) is 0.305. The zero-order valence-electron chi connectivity index (χ0n) is 7.65. The number of nitrogens with zero attached hydrogens (tertiary/aromatic N) is 1. The van der Waals surface area contributed by atoms with E-state index in [1.54, 1.807) is 20.8 Å². The highest BCUT2D eigenvalue weighted by Crippen LogP contribution is 2.19. The van der Waals surface area contributed by atoms with Gasteiger partial charge in [0.15, 0.2) is 0 Å². The Labute approximate surface area is 54.1 Å². The molecule has 0 spiro atoms. The first-order valence-electron chi connectivity index (χ1n) is 3.68. The van der Waals surface area contributed by atoms with Gasteiger partial charge in [0, 0.05) is 9.16 Å². The minimum atomic E-state index is -1.37. The molecule has 0 heterocycles. The van der Waals surface area contributed by atoms with Crippen molar-refractivity contribution in [2.24, 2.45) is 5.41 Å². The summed E-state index contributed by atoms with van der Waals surface area (Å²) in [7, 11) is 0. The largest absolute Gasteiger partial charge is 0.198 e. The van der Waals surface area contributed by atoms with Crippen LogP contribution in [0.4, 0.5) is 0 Å². The van der Waals surface area contributed by atoms with E-state index in [1.165, 1.54) is 0 Å². The monoisotopic (exact) mass is 113 g/mol. The van der Waals surface area contributed by atoms with Gasteiger partial charge in [-0.2, -0.15) is 5.26 Å². The average Bonchev–Trinajstić information content (AvgIpc) is 1.61. The number of hydrogen-bond acceptors (Lipinski definition) is 1. The second kappa shape index (κ2) is 2.71. The summed E-state index contributed by atoms with van der Waals surface area (Å²) in [5.74, 6) is 0. The van der Waals surface area contributed by atoms with E-state index in [0.29, 0.717) is 0 Å². The maximum Gasteiger partial charge on any atom is 0.0621 e. The van der Waals surface area contributed by atoms with Crippen LogP contribution in [0.25, 0.3) is 0 Å². The SMILES string of the molecule is [2H]C([2H])(CC#N)C(C)(C)C. The van der Waals surface area contributed by atoms with Gasteiger partial charge in [-0.15, -0.1) is 0 Å². The highest BCUT2D eigenvalue weighted by Gasteiger charge is 2.07. The van der Waals surface area contributed by atoms with Gasteiger partial charge in [0.2, 0.25) is 0 Å². The van der Waals surface area contributed by atoms with E-state index in [2.05, 4.69) is 0 Å². The Morgan fingerprint density at radius 3 is 2.25 bits per heavy atom. The van der Waals surface area contributed by atoms with Crippen LogP contribution in [0.1, 0.15) is 36.3 Å². The quantitative estimate of drug-likeness (QED) is 0.512. The molecule has 0 atom stereocenters. The molecule has 1 nitrogen and oxygen atoms in total. The smallest absolute Gasteiger partial charge is 0.0621 e. The van der Waals surface area contributed by atoms with Crippen LogP contribution in [-0.4, -0.2) is 0 Å². The van der Waals surface area contributed by atoms with Gasteiger partial charge in [-0.1, -0.05) is 20.8 Å². The highest BCUT2D eigenvalue weighted by atomic mass is 14.2. The Kier molecular flexibility index (Phi) is 1.48. The van der Waals surface area contributed by atoms with Crippen LogP contribution in [-0.2, 0) is 0 Å². The molecule has 0 aromatic rings. The van der Waals surface area contributed by atoms with Crippen molar-refractivity contribution < 1.29 is 2.74 Å². The van der Waals surface area contributed by atoms with E-state index in [4.69, 9.17) is 8.00 Å². The molecule has 0 unspecified atom stereocenters. The molecule has 0 amide bonds. The molecule has 0 aromatic carbocycles. The third kappa shape index (κ3) is 5.49. The summed E-state index contributed by atoms with van der Waals surface area (Å²) in [6.45, 7) is 5.39. The normalized spacial score (nSPS) is 16.2. The Bertz CT molecular complexity index is 150.